The summed E-state index contributed by atoms with van der Waals surface area (Å²) in [6.45, 7) is 3.25. The Morgan fingerprint density at radius 2 is 1.81 bits per heavy atom. The summed E-state index contributed by atoms with van der Waals surface area (Å²) in [5, 5.41) is 0. The predicted octanol–water partition coefficient (Wildman–Crippen LogP) is 3.69. The lowest BCUT2D eigenvalue weighted by Gasteiger charge is -2.19. The Labute approximate surface area is 96.3 Å². The Hall–Kier alpha value is -1.76. The first-order valence-electron chi connectivity index (χ1n) is 5.77. The number of para-hydroxylation sites is 1. The molecule has 80 valence electrons. The van der Waals surface area contributed by atoms with E-state index >= 15 is 0 Å². The maximum absolute atomic E-state index is 2.41. The van der Waals surface area contributed by atoms with Gasteiger partial charge in [-0.2, -0.15) is 0 Å². The van der Waals surface area contributed by atoms with Gasteiger partial charge in [0.15, 0.2) is 0 Å². The van der Waals surface area contributed by atoms with Crippen LogP contribution >= 0.6 is 0 Å². The number of hydrogen-bond acceptors (Lipinski definition) is 1. The molecule has 0 bridgehead atoms. The fraction of sp³-hybridized carbons (Fsp3) is 0.200. The van der Waals surface area contributed by atoms with Crippen molar-refractivity contribution < 1.29 is 0 Å². The van der Waals surface area contributed by atoms with Gasteiger partial charge < -0.3 is 4.90 Å². The molecule has 0 unspecified atom stereocenters. The largest absolute Gasteiger partial charge is 0.341 e. The van der Waals surface area contributed by atoms with Crippen molar-refractivity contribution in [2.45, 2.75) is 13.3 Å². The summed E-state index contributed by atoms with van der Waals surface area (Å²) in [7, 11) is 0. The molecule has 0 saturated heterocycles. The maximum atomic E-state index is 2.41. The Morgan fingerprint density at radius 3 is 2.62 bits per heavy atom. The van der Waals surface area contributed by atoms with Crippen molar-refractivity contribution in [3.63, 3.8) is 0 Å². The van der Waals surface area contributed by atoms with Gasteiger partial charge in [-0.25, -0.2) is 0 Å². The number of benzene rings is 2. The molecule has 0 fully saturated rings. The molecule has 0 aliphatic carbocycles. The van der Waals surface area contributed by atoms with Gasteiger partial charge in [0.25, 0.3) is 0 Å². The summed E-state index contributed by atoms with van der Waals surface area (Å²) in [5.41, 5.74) is 5.48. The molecule has 0 N–H and O–H groups in total. The zero-order chi connectivity index (χ0) is 11.0. The quantitative estimate of drug-likeness (QED) is 0.692. The average molecular weight is 209 g/mol. The van der Waals surface area contributed by atoms with E-state index in [0.29, 0.717) is 0 Å². The van der Waals surface area contributed by atoms with E-state index in [0.717, 1.165) is 13.0 Å². The molecule has 1 heterocycles. The fourth-order valence-corrected chi connectivity index (χ4v) is 2.37. The van der Waals surface area contributed by atoms with Crippen molar-refractivity contribution in [1.82, 2.24) is 0 Å². The minimum absolute atomic E-state index is 1.10. The van der Waals surface area contributed by atoms with E-state index < -0.39 is 0 Å². The second kappa shape index (κ2) is 3.67. The molecule has 0 atom stereocenters. The molecule has 0 spiro atoms. The Morgan fingerprint density at radius 1 is 1.00 bits per heavy atom. The van der Waals surface area contributed by atoms with Crippen LogP contribution in [0.1, 0.15) is 11.1 Å². The third-order valence-corrected chi connectivity index (χ3v) is 3.20. The molecule has 2 aromatic rings. The molecule has 3 rings (SSSR count). The van der Waals surface area contributed by atoms with Gasteiger partial charge in [-0.3, -0.25) is 0 Å². The molecule has 1 aliphatic rings. The van der Waals surface area contributed by atoms with Gasteiger partial charge in [-0.15, -0.1) is 0 Å². The van der Waals surface area contributed by atoms with E-state index in [1.807, 2.05) is 0 Å². The van der Waals surface area contributed by atoms with E-state index in [-0.39, 0.29) is 0 Å². The van der Waals surface area contributed by atoms with Crippen LogP contribution in [0.25, 0.3) is 0 Å². The lowest BCUT2D eigenvalue weighted by atomic mass is 10.1. The lowest BCUT2D eigenvalue weighted by Crippen LogP contribution is -2.12. The van der Waals surface area contributed by atoms with Crippen LogP contribution in [0, 0.1) is 6.92 Å². The molecular formula is C15H15N. The highest BCUT2D eigenvalue weighted by molar-refractivity contribution is 5.70. The Bertz CT molecular complexity index is 502. The van der Waals surface area contributed by atoms with Gasteiger partial charge >= 0.3 is 0 Å². The second-order valence-electron chi connectivity index (χ2n) is 4.37. The van der Waals surface area contributed by atoms with Crippen LogP contribution in [-0.2, 0) is 6.42 Å². The van der Waals surface area contributed by atoms with Gasteiger partial charge in [-0.05, 0) is 42.7 Å². The van der Waals surface area contributed by atoms with E-state index in [2.05, 4.69) is 60.4 Å². The minimum atomic E-state index is 1.10. The van der Waals surface area contributed by atoms with Crippen LogP contribution < -0.4 is 4.90 Å². The van der Waals surface area contributed by atoms with Crippen molar-refractivity contribution >= 4 is 11.4 Å². The topological polar surface area (TPSA) is 3.24 Å². The Balaban J connectivity index is 2.06. The molecule has 16 heavy (non-hydrogen) atoms. The zero-order valence-corrected chi connectivity index (χ0v) is 9.48. The van der Waals surface area contributed by atoms with Crippen molar-refractivity contribution in [2.75, 3.05) is 11.4 Å². The number of aryl methyl sites for hydroxylation is 1. The molecule has 1 aliphatic heterocycles. The van der Waals surface area contributed by atoms with Crippen LogP contribution in [0.4, 0.5) is 11.4 Å². The van der Waals surface area contributed by atoms with Crippen molar-refractivity contribution in [3.05, 3.63) is 59.7 Å². The summed E-state index contributed by atoms with van der Waals surface area (Å²) in [4.78, 5) is 2.41. The number of anilines is 2. The monoisotopic (exact) mass is 209 g/mol. The average Bonchev–Trinajstić information content (AvgIpc) is 2.73. The standard InChI is InChI=1S/C15H15N/c1-12-7-8-13-9-10-16(15(13)11-12)14-5-3-2-4-6-14/h2-8,11H,9-10H2,1H3. The first kappa shape index (κ1) is 9.46. The molecule has 0 aromatic heterocycles. The highest BCUT2D eigenvalue weighted by atomic mass is 15.2. The van der Waals surface area contributed by atoms with Crippen molar-refractivity contribution in [3.8, 4) is 0 Å². The molecule has 1 heteroatoms. The molecular weight excluding hydrogens is 194 g/mol. The van der Waals surface area contributed by atoms with Crippen molar-refractivity contribution in [1.29, 1.82) is 0 Å². The first-order chi connectivity index (χ1) is 7.84. The van der Waals surface area contributed by atoms with E-state index in [1.54, 1.807) is 0 Å². The van der Waals surface area contributed by atoms with E-state index in [1.165, 1.54) is 22.5 Å². The summed E-state index contributed by atoms with van der Waals surface area (Å²) in [6, 6.07) is 17.4. The lowest BCUT2D eigenvalue weighted by molar-refractivity contribution is 0.998. The first-order valence-corrected chi connectivity index (χ1v) is 5.77. The van der Waals surface area contributed by atoms with Crippen LogP contribution in [0.2, 0.25) is 0 Å². The van der Waals surface area contributed by atoms with Crippen LogP contribution in [0.3, 0.4) is 0 Å². The third-order valence-electron chi connectivity index (χ3n) is 3.20. The molecule has 0 radical (unpaired) electrons. The predicted molar refractivity (Wildman–Crippen MR) is 68.3 cm³/mol. The fourth-order valence-electron chi connectivity index (χ4n) is 2.37. The van der Waals surface area contributed by atoms with Gasteiger partial charge in [0.05, 0.1) is 0 Å². The SMILES string of the molecule is Cc1ccc2c(c1)N(c1ccccc1)CC2. The number of fused-ring (bicyclic) bond motifs is 1. The number of nitrogens with zero attached hydrogens (tertiary/aromatic N) is 1. The normalized spacial score (nSPS) is 13.9. The molecule has 0 saturated carbocycles. The maximum Gasteiger partial charge on any atom is 0.0446 e. The second-order valence-corrected chi connectivity index (χ2v) is 4.37. The van der Waals surface area contributed by atoms with Crippen LogP contribution in [0.15, 0.2) is 48.5 Å². The van der Waals surface area contributed by atoms with Crippen LogP contribution in [0.5, 0.6) is 0 Å². The molecule has 0 amide bonds. The summed E-state index contributed by atoms with van der Waals surface area (Å²) in [5.74, 6) is 0. The summed E-state index contributed by atoms with van der Waals surface area (Å²) < 4.78 is 0. The van der Waals surface area contributed by atoms with Gasteiger partial charge in [0, 0.05) is 17.9 Å². The van der Waals surface area contributed by atoms with Crippen molar-refractivity contribution in [2.24, 2.45) is 0 Å². The zero-order valence-electron chi connectivity index (χ0n) is 9.48. The smallest absolute Gasteiger partial charge is 0.0446 e. The number of rotatable bonds is 1. The molecule has 1 nitrogen and oxygen atoms in total. The van der Waals surface area contributed by atoms with Gasteiger partial charge in [0.2, 0.25) is 0 Å². The molecule has 2 aromatic carbocycles. The van der Waals surface area contributed by atoms with Gasteiger partial charge in [-0.1, -0.05) is 30.3 Å². The highest BCUT2D eigenvalue weighted by Gasteiger charge is 2.19. The van der Waals surface area contributed by atoms with E-state index in [4.69, 9.17) is 0 Å². The van der Waals surface area contributed by atoms with Gasteiger partial charge in [0.1, 0.15) is 0 Å². The summed E-state index contributed by atoms with van der Waals surface area (Å²) >= 11 is 0. The van der Waals surface area contributed by atoms with E-state index in [9.17, 15) is 0 Å². The number of hydrogen-bond donors (Lipinski definition) is 0. The Kier molecular flexibility index (Phi) is 2.17. The highest BCUT2D eigenvalue weighted by Crippen LogP contribution is 2.34. The minimum Gasteiger partial charge on any atom is -0.341 e. The third kappa shape index (κ3) is 1.49. The summed E-state index contributed by atoms with van der Waals surface area (Å²) in [6.07, 6.45) is 1.16. The van der Waals surface area contributed by atoms with Crippen LogP contribution in [-0.4, -0.2) is 6.54 Å².